The first-order valence-electron chi connectivity index (χ1n) is 4.16. The highest BCUT2D eigenvalue weighted by Crippen LogP contribution is 1.93. The Morgan fingerprint density at radius 1 is 1.67 bits per heavy atom. The molecule has 0 bridgehead atoms. The molecule has 0 radical (unpaired) electrons. The Morgan fingerprint density at radius 3 is 2.58 bits per heavy atom. The Bertz CT molecular complexity index is 188. The van der Waals surface area contributed by atoms with Crippen LogP contribution in [0.2, 0.25) is 0 Å². The van der Waals surface area contributed by atoms with Gasteiger partial charge in [-0.2, -0.15) is 0 Å². The number of aliphatic imine (C=N–C) groups is 1. The van der Waals surface area contributed by atoms with Crippen molar-refractivity contribution in [2.45, 2.75) is 39.3 Å². The topological polar surface area (TPSA) is 50.4 Å². The monoisotopic (exact) mass is 167 g/mol. The van der Waals surface area contributed by atoms with E-state index in [1.54, 1.807) is 0 Å². The van der Waals surface area contributed by atoms with E-state index in [2.05, 4.69) is 16.2 Å². The number of rotatable bonds is 3. The van der Waals surface area contributed by atoms with Crippen LogP contribution in [0.15, 0.2) is 4.99 Å². The third kappa shape index (κ3) is 4.62. The first kappa shape index (κ1) is 10.8. The molecule has 1 unspecified atom stereocenters. The van der Waals surface area contributed by atoms with Gasteiger partial charge in [0.15, 0.2) is 5.96 Å². The van der Waals surface area contributed by atoms with Crippen molar-refractivity contribution < 1.29 is 0 Å². The van der Waals surface area contributed by atoms with Crippen molar-refractivity contribution in [1.29, 1.82) is 0 Å². The van der Waals surface area contributed by atoms with Gasteiger partial charge in [0, 0.05) is 6.04 Å². The predicted octanol–water partition coefficient (Wildman–Crippen LogP) is 0.711. The number of hydrogen-bond donors (Lipinski definition) is 2. The van der Waals surface area contributed by atoms with Gasteiger partial charge in [-0.15, -0.1) is 6.42 Å². The first-order valence-corrected chi connectivity index (χ1v) is 4.16. The smallest absolute Gasteiger partial charge is 0.190 e. The molecule has 3 N–H and O–H groups in total. The summed E-state index contributed by atoms with van der Waals surface area (Å²) in [6.45, 7) is 5.98. The van der Waals surface area contributed by atoms with Gasteiger partial charge in [0.05, 0.1) is 0 Å². The molecule has 0 aromatic heterocycles. The largest absolute Gasteiger partial charge is 0.370 e. The average molecular weight is 167 g/mol. The molecule has 0 rings (SSSR count). The van der Waals surface area contributed by atoms with Gasteiger partial charge < -0.3 is 11.1 Å². The summed E-state index contributed by atoms with van der Waals surface area (Å²) in [5.74, 6) is 2.97. The van der Waals surface area contributed by atoms with Crippen LogP contribution in [0.5, 0.6) is 0 Å². The van der Waals surface area contributed by atoms with E-state index < -0.39 is 0 Å². The number of terminal acetylenes is 1. The molecule has 0 aromatic carbocycles. The summed E-state index contributed by atoms with van der Waals surface area (Å²) in [4.78, 5) is 4.10. The maximum absolute atomic E-state index is 5.57. The van der Waals surface area contributed by atoms with Crippen LogP contribution in [0, 0.1) is 12.3 Å². The summed E-state index contributed by atoms with van der Waals surface area (Å²) in [6.07, 6.45) is 6.04. The molecule has 12 heavy (non-hydrogen) atoms. The van der Waals surface area contributed by atoms with Gasteiger partial charge in [-0.25, -0.2) is 4.99 Å². The van der Waals surface area contributed by atoms with E-state index in [1.165, 1.54) is 0 Å². The molecule has 0 saturated heterocycles. The Balaban J connectivity index is 4.06. The van der Waals surface area contributed by atoms with Crippen molar-refractivity contribution in [2.24, 2.45) is 10.7 Å². The van der Waals surface area contributed by atoms with Crippen molar-refractivity contribution >= 4 is 5.96 Å². The van der Waals surface area contributed by atoms with E-state index in [-0.39, 0.29) is 6.04 Å². The Labute approximate surface area is 74.4 Å². The van der Waals surface area contributed by atoms with Crippen molar-refractivity contribution in [3.63, 3.8) is 0 Å². The van der Waals surface area contributed by atoms with Crippen LogP contribution in [0.1, 0.15) is 27.2 Å². The van der Waals surface area contributed by atoms with Crippen molar-refractivity contribution in [1.82, 2.24) is 5.32 Å². The van der Waals surface area contributed by atoms with Gasteiger partial charge in [-0.3, -0.25) is 0 Å². The summed E-state index contributed by atoms with van der Waals surface area (Å²) < 4.78 is 0. The van der Waals surface area contributed by atoms with E-state index in [9.17, 15) is 0 Å². The second-order valence-electron chi connectivity index (χ2n) is 2.90. The molecule has 0 amide bonds. The lowest BCUT2D eigenvalue weighted by molar-refractivity contribution is 0.712. The molecule has 0 aromatic rings. The third-order valence-corrected chi connectivity index (χ3v) is 1.31. The number of nitrogens with two attached hydrogens (primary N) is 1. The molecule has 0 aliphatic rings. The van der Waals surface area contributed by atoms with Crippen molar-refractivity contribution in [3.05, 3.63) is 0 Å². The number of guanidine groups is 1. The maximum Gasteiger partial charge on any atom is 0.190 e. The van der Waals surface area contributed by atoms with Crippen LogP contribution in [0.25, 0.3) is 0 Å². The Kier molecular flexibility index (Phi) is 4.94. The van der Waals surface area contributed by atoms with Gasteiger partial charge in [0.2, 0.25) is 0 Å². The molecule has 1 atom stereocenters. The van der Waals surface area contributed by atoms with Crippen LogP contribution in [-0.4, -0.2) is 18.0 Å². The first-order chi connectivity index (χ1) is 5.60. The fraction of sp³-hybridized carbons (Fsp3) is 0.667. The number of hydrogen-bond acceptors (Lipinski definition) is 1. The number of nitrogens with one attached hydrogen (secondary N) is 1. The maximum atomic E-state index is 5.57. The van der Waals surface area contributed by atoms with E-state index in [0.29, 0.717) is 12.0 Å². The van der Waals surface area contributed by atoms with Crippen LogP contribution in [0.4, 0.5) is 0 Å². The lowest BCUT2D eigenvalue weighted by Gasteiger charge is -2.10. The molecule has 0 aliphatic carbocycles. The van der Waals surface area contributed by atoms with Gasteiger partial charge in [0.25, 0.3) is 0 Å². The zero-order valence-electron chi connectivity index (χ0n) is 7.96. The van der Waals surface area contributed by atoms with Gasteiger partial charge >= 0.3 is 0 Å². The van der Waals surface area contributed by atoms with E-state index in [0.717, 1.165) is 6.42 Å². The van der Waals surface area contributed by atoms with Gasteiger partial charge in [-0.1, -0.05) is 12.8 Å². The van der Waals surface area contributed by atoms with Crippen LogP contribution < -0.4 is 11.1 Å². The minimum atomic E-state index is -0.101. The zero-order chi connectivity index (χ0) is 9.56. The second kappa shape index (κ2) is 5.48. The van der Waals surface area contributed by atoms with E-state index in [1.807, 2.05) is 20.8 Å². The van der Waals surface area contributed by atoms with E-state index in [4.69, 9.17) is 12.2 Å². The van der Waals surface area contributed by atoms with Crippen LogP contribution in [-0.2, 0) is 0 Å². The quantitative estimate of drug-likeness (QED) is 0.369. The van der Waals surface area contributed by atoms with Crippen molar-refractivity contribution in [2.75, 3.05) is 0 Å². The fourth-order valence-electron chi connectivity index (χ4n) is 0.747. The highest BCUT2D eigenvalue weighted by atomic mass is 15.1. The van der Waals surface area contributed by atoms with Gasteiger partial charge in [0.1, 0.15) is 6.04 Å². The molecule has 0 heterocycles. The second-order valence-corrected chi connectivity index (χ2v) is 2.90. The minimum absolute atomic E-state index is 0.101. The molecule has 3 nitrogen and oxygen atoms in total. The van der Waals surface area contributed by atoms with Crippen LogP contribution >= 0.6 is 0 Å². The molecule has 68 valence electrons. The molecule has 0 aliphatic heterocycles. The predicted molar refractivity (Wildman–Crippen MR) is 52.8 cm³/mol. The summed E-state index contributed by atoms with van der Waals surface area (Å²) in [7, 11) is 0. The standard InChI is InChI=1S/C9H17N3/c1-5-8(6-2)12-9(10)11-7(3)4/h1,7-8H,6H2,2-4H3,(H3,10,11,12). The summed E-state index contributed by atoms with van der Waals surface area (Å²) >= 11 is 0. The summed E-state index contributed by atoms with van der Waals surface area (Å²) in [5, 5.41) is 2.97. The number of nitrogens with zero attached hydrogens (tertiary/aromatic N) is 1. The van der Waals surface area contributed by atoms with Crippen LogP contribution in [0.3, 0.4) is 0 Å². The minimum Gasteiger partial charge on any atom is -0.370 e. The highest BCUT2D eigenvalue weighted by Gasteiger charge is 2.00. The Morgan fingerprint density at radius 2 is 2.25 bits per heavy atom. The summed E-state index contributed by atoms with van der Waals surface area (Å²) in [6, 6.07) is 0.195. The lowest BCUT2D eigenvalue weighted by atomic mass is 10.2. The molecule has 3 heteroatoms. The molecule has 0 fully saturated rings. The molecular weight excluding hydrogens is 150 g/mol. The SMILES string of the molecule is C#CC(CC)N=C(N)NC(C)C. The molecule has 0 spiro atoms. The third-order valence-electron chi connectivity index (χ3n) is 1.31. The molecule has 0 saturated carbocycles. The summed E-state index contributed by atoms with van der Waals surface area (Å²) in [5.41, 5.74) is 5.57. The normalized spacial score (nSPS) is 14.1. The van der Waals surface area contributed by atoms with Crippen molar-refractivity contribution in [3.8, 4) is 12.3 Å². The van der Waals surface area contributed by atoms with Gasteiger partial charge in [-0.05, 0) is 20.3 Å². The average Bonchev–Trinajstić information content (AvgIpc) is 1.98. The lowest BCUT2D eigenvalue weighted by Crippen LogP contribution is -2.37. The van der Waals surface area contributed by atoms with E-state index >= 15 is 0 Å². The Hall–Kier alpha value is -1.17. The molecular formula is C9H17N3. The highest BCUT2D eigenvalue weighted by molar-refractivity contribution is 5.78. The zero-order valence-corrected chi connectivity index (χ0v) is 7.96. The fourth-order valence-corrected chi connectivity index (χ4v) is 0.747.